The largest absolute Gasteiger partial charge is 0.494 e. The monoisotopic (exact) mass is 429 g/mol. The van der Waals surface area contributed by atoms with Gasteiger partial charge in [0, 0.05) is 32.2 Å². The fourth-order valence-corrected chi connectivity index (χ4v) is 4.88. The molecule has 170 valence electrons. The molecule has 8 heteroatoms. The second-order valence-electron chi connectivity index (χ2n) is 10.1. The Morgan fingerprint density at radius 2 is 1.65 bits per heavy atom. The maximum absolute atomic E-state index is 11.5. The first-order valence-corrected chi connectivity index (χ1v) is 11.6. The molecule has 2 heterocycles. The number of nitrogens with two attached hydrogens (primary N) is 1. The van der Waals surface area contributed by atoms with E-state index in [2.05, 4.69) is 9.80 Å². The Kier molecular flexibility index (Phi) is 6.25. The van der Waals surface area contributed by atoms with Crippen LogP contribution in [-0.2, 0) is 9.31 Å². The lowest BCUT2D eigenvalue weighted by molar-refractivity contribution is 0.00578. The molecule has 0 aromatic heterocycles. The summed E-state index contributed by atoms with van der Waals surface area (Å²) in [6.45, 7) is 12.0. The van der Waals surface area contributed by atoms with Crippen LogP contribution in [0, 0.1) is 0 Å². The highest BCUT2D eigenvalue weighted by atomic mass is 16.7. The van der Waals surface area contributed by atoms with Crippen LogP contribution in [0.1, 0.15) is 59.8 Å². The lowest BCUT2D eigenvalue weighted by Gasteiger charge is -2.41. The second-order valence-corrected chi connectivity index (χ2v) is 10.1. The number of ether oxygens (including phenoxy) is 1. The molecule has 0 atom stereocenters. The minimum atomic E-state index is -0.800. The van der Waals surface area contributed by atoms with Gasteiger partial charge in [0.15, 0.2) is 5.75 Å². The highest BCUT2D eigenvalue weighted by Gasteiger charge is 2.51. The van der Waals surface area contributed by atoms with Crippen LogP contribution >= 0.6 is 0 Å². The molecule has 2 N–H and O–H groups in total. The molecule has 1 saturated carbocycles. The van der Waals surface area contributed by atoms with Crippen LogP contribution in [0.2, 0.25) is 0 Å². The van der Waals surface area contributed by atoms with Crippen LogP contribution in [-0.4, -0.2) is 61.5 Å². The molecule has 31 heavy (non-hydrogen) atoms. The molecule has 7 nitrogen and oxygen atoms in total. The zero-order valence-electron chi connectivity index (χ0n) is 19.4. The Morgan fingerprint density at radius 1 is 1.03 bits per heavy atom. The summed E-state index contributed by atoms with van der Waals surface area (Å²) in [5.74, 6) is 0.485. The van der Waals surface area contributed by atoms with Gasteiger partial charge < -0.3 is 24.7 Å². The van der Waals surface area contributed by atoms with Crippen molar-refractivity contribution in [3.05, 3.63) is 18.2 Å². The first-order valence-electron chi connectivity index (χ1n) is 11.6. The standard InChI is InChI=1S/C23H36BN3O4/c1-22(2)23(3,4)31-24(30-22)17-10-11-20(29-21(25)28)19(16-17)27-14-12-26(13-15-27)18-8-6-5-7-9-18/h10-11,16,18H,5-9,12-15H2,1-4H3,(H2,25,28). The molecule has 1 aromatic carbocycles. The molecule has 3 aliphatic rings. The average molecular weight is 429 g/mol. The van der Waals surface area contributed by atoms with Gasteiger partial charge in [-0.05, 0) is 58.1 Å². The van der Waals surface area contributed by atoms with E-state index in [1.165, 1.54) is 32.1 Å². The van der Waals surface area contributed by atoms with Crippen LogP contribution in [0.4, 0.5) is 10.5 Å². The number of primary amides is 1. The minimum Gasteiger partial charge on any atom is -0.408 e. The van der Waals surface area contributed by atoms with Gasteiger partial charge in [-0.15, -0.1) is 0 Å². The van der Waals surface area contributed by atoms with Crippen LogP contribution < -0.4 is 20.8 Å². The topological polar surface area (TPSA) is 77.3 Å². The molecular formula is C23H36BN3O4. The van der Waals surface area contributed by atoms with Crippen molar-refractivity contribution in [2.45, 2.75) is 77.0 Å². The number of hydrogen-bond donors (Lipinski definition) is 1. The molecule has 1 aliphatic carbocycles. The number of rotatable bonds is 4. The molecule has 0 unspecified atom stereocenters. The smallest absolute Gasteiger partial charge is 0.408 e. The minimum absolute atomic E-state index is 0.411. The first-order chi connectivity index (χ1) is 14.7. The summed E-state index contributed by atoms with van der Waals surface area (Å²) in [6, 6.07) is 6.43. The number of nitrogens with zero attached hydrogens (tertiary/aromatic N) is 2. The molecule has 3 fully saturated rings. The van der Waals surface area contributed by atoms with Crippen molar-refractivity contribution < 1.29 is 18.8 Å². The third kappa shape index (κ3) is 4.71. The van der Waals surface area contributed by atoms with Crippen LogP contribution in [0.3, 0.4) is 0 Å². The fourth-order valence-electron chi connectivity index (χ4n) is 4.88. The average Bonchev–Trinajstić information content (AvgIpc) is 2.96. The van der Waals surface area contributed by atoms with E-state index in [-0.39, 0.29) is 0 Å². The van der Waals surface area contributed by atoms with E-state index in [0.717, 1.165) is 37.3 Å². The van der Waals surface area contributed by atoms with Crippen molar-refractivity contribution >= 4 is 24.4 Å². The molecule has 1 amide bonds. The fraction of sp³-hybridized carbons (Fsp3) is 0.696. The van der Waals surface area contributed by atoms with Crippen LogP contribution in [0.25, 0.3) is 0 Å². The number of amides is 1. The summed E-state index contributed by atoms with van der Waals surface area (Å²) in [5.41, 5.74) is 6.30. The van der Waals surface area contributed by atoms with E-state index in [4.69, 9.17) is 19.8 Å². The predicted molar refractivity (Wildman–Crippen MR) is 123 cm³/mol. The van der Waals surface area contributed by atoms with Crippen molar-refractivity contribution in [3.63, 3.8) is 0 Å². The molecule has 4 rings (SSSR count). The number of hydrogen-bond acceptors (Lipinski definition) is 6. The van der Waals surface area contributed by atoms with Crippen molar-refractivity contribution in [1.29, 1.82) is 0 Å². The number of anilines is 1. The Hall–Kier alpha value is -1.77. The number of piperazine rings is 1. The van der Waals surface area contributed by atoms with Crippen LogP contribution in [0.15, 0.2) is 18.2 Å². The molecule has 0 bridgehead atoms. The Bertz CT molecular complexity index is 786. The van der Waals surface area contributed by atoms with Gasteiger partial charge in [0.05, 0.1) is 16.9 Å². The first kappa shape index (κ1) is 22.4. The lowest BCUT2D eigenvalue weighted by atomic mass is 9.78. The summed E-state index contributed by atoms with van der Waals surface area (Å²) in [7, 11) is -0.463. The third-order valence-electron chi connectivity index (χ3n) is 7.46. The number of carbonyl (C=O) groups excluding carboxylic acids is 1. The highest BCUT2D eigenvalue weighted by Crippen LogP contribution is 2.37. The van der Waals surface area contributed by atoms with Crippen molar-refractivity contribution in [3.8, 4) is 5.75 Å². The third-order valence-corrected chi connectivity index (χ3v) is 7.46. The van der Waals surface area contributed by atoms with E-state index in [1.54, 1.807) is 6.07 Å². The second kappa shape index (κ2) is 8.64. The highest BCUT2D eigenvalue weighted by molar-refractivity contribution is 6.62. The van der Waals surface area contributed by atoms with Gasteiger partial charge in [-0.2, -0.15) is 0 Å². The summed E-state index contributed by atoms with van der Waals surface area (Å²) in [5, 5.41) is 0. The Labute approximate surface area is 186 Å². The summed E-state index contributed by atoms with van der Waals surface area (Å²) in [4.78, 5) is 16.4. The van der Waals surface area contributed by atoms with E-state index in [9.17, 15) is 4.79 Å². The van der Waals surface area contributed by atoms with Gasteiger partial charge in [-0.3, -0.25) is 4.90 Å². The van der Waals surface area contributed by atoms with Gasteiger partial charge in [-0.25, -0.2) is 4.79 Å². The molecule has 0 radical (unpaired) electrons. The van der Waals surface area contributed by atoms with Gasteiger partial charge >= 0.3 is 13.2 Å². The zero-order chi connectivity index (χ0) is 22.2. The van der Waals surface area contributed by atoms with Gasteiger partial charge in [0.25, 0.3) is 0 Å². The normalized spacial score (nSPS) is 24.4. The van der Waals surface area contributed by atoms with Gasteiger partial charge in [-0.1, -0.05) is 25.3 Å². The van der Waals surface area contributed by atoms with Crippen molar-refractivity contribution in [2.75, 3.05) is 31.1 Å². The lowest BCUT2D eigenvalue weighted by Crippen LogP contribution is -2.51. The maximum atomic E-state index is 11.5. The molecule has 2 saturated heterocycles. The molecular weight excluding hydrogens is 393 g/mol. The van der Waals surface area contributed by atoms with E-state index < -0.39 is 24.4 Å². The van der Waals surface area contributed by atoms with Crippen molar-refractivity contribution in [1.82, 2.24) is 4.90 Å². The van der Waals surface area contributed by atoms with Crippen LogP contribution in [0.5, 0.6) is 5.75 Å². The summed E-state index contributed by atoms with van der Waals surface area (Å²) in [6.07, 6.45) is 5.89. The Balaban J connectivity index is 1.53. The molecule has 1 aromatic rings. The number of benzene rings is 1. The van der Waals surface area contributed by atoms with E-state index >= 15 is 0 Å². The van der Waals surface area contributed by atoms with Gasteiger partial charge in [0.1, 0.15) is 0 Å². The SMILES string of the molecule is CC1(C)OB(c2ccc(OC(N)=O)c(N3CCN(C4CCCCC4)CC3)c2)OC1(C)C. The zero-order valence-corrected chi connectivity index (χ0v) is 19.4. The Morgan fingerprint density at radius 3 is 2.23 bits per heavy atom. The molecule has 2 aliphatic heterocycles. The molecule has 0 spiro atoms. The van der Waals surface area contributed by atoms with E-state index in [0.29, 0.717) is 11.8 Å². The number of carbonyl (C=O) groups is 1. The van der Waals surface area contributed by atoms with Crippen molar-refractivity contribution in [2.24, 2.45) is 5.73 Å². The summed E-state index contributed by atoms with van der Waals surface area (Å²) >= 11 is 0. The summed E-state index contributed by atoms with van der Waals surface area (Å²) < 4.78 is 17.8. The van der Waals surface area contributed by atoms with E-state index in [1.807, 2.05) is 39.8 Å². The quantitative estimate of drug-likeness (QED) is 0.742. The maximum Gasteiger partial charge on any atom is 0.494 e. The van der Waals surface area contributed by atoms with Gasteiger partial charge in [0.2, 0.25) is 0 Å². The predicted octanol–water partition coefficient (Wildman–Crippen LogP) is 2.90.